The van der Waals surface area contributed by atoms with E-state index in [1.54, 1.807) is 0 Å². The van der Waals surface area contributed by atoms with Gasteiger partial charge in [0.05, 0.1) is 22.6 Å². The van der Waals surface area contributed by atoms with Gasteiger partial charge in [0.1, 0.15) is 0 Å². The topological polar surface area (TPSA) is 68.3 Å². The van der Waals surface area contributed by atoms with Crippen molar-refractivity contribution in [1.29, 1.82) is 0 Å². The minimum atomic E-state index is -0.125. The Hall–Kier alpha value is -4.25. The number of aliphatic hydroxyl groups is 1. The predicted molar refractivity (Wildman–Crippen MR) is 181 cm³/mol. The minimum Gasteiger partial charge on any atom is -0.557 e. The van der Waals surface area contributed by atoms with E-state index in [2.05, 4.69) is 124 Å². The molecule has 6 heteroatoms. The molecule has 0 aliphatic rings. The molecular formula is C39H39IrN2O3-. The zero-order valence-electron chi connectivity index (χ0n) is 26.8. The second-order valence-electron chi connectivity index (χ2n) is 11.9. The molecule has 0 fully saturated rings. The Bertz CT molecular complexity index is 1950. The number of ketones is 1. The Balaban J connectivity index is 0.000000519. The molecule has 6 aromatic rings. The number of hydrogen-bond donors (Lipinski definition) is 1. The molecule has 0 atom stereocenters. The van der Waals surface area contributed by atoms with Crippen LogP contribution in [0.2, 0.25) is 0 Å². The number of aromatic nitrogens is 2. The van der Waals surface area contributed by atoms with Crippen LogP contribution in [0.5, 0.6) is 0 Å². The van der Waals surface area contributed by atoms with Crippen molar-refractivity contribution < 1.29 is 34.4 Å². The fourth-order valence-corrected chi connectivity index (χ4v) is 5.59. The van der Waals surface area contributed by atoms with Crippen LogP contribution < -0.4 is 0 Å². The molecule has 0 spiro atoms. The van der Waals surface area contributed by atoms with Crippen LogP contribution in [0.3, 0.4) is 0 Å². The number of rotatable bonds is 6. The minimum absolute atomic E-state index is 0. The summed E-state index contributed by atoms with van der Waals surface area (Å²) < 4.78 is 8.24. The summed E-state index contributed by atoms with van der Waals surface area (Å²) in [5, 5.41) is 9.40. The maximum absolute atomic E-state index is 10.0. The van der Waals surface area contributed by atoms with Crippen molar-refractivity contribution in [3.8, 4) is 28.2 Å². The fraction of sp³-hybridized carbons (Fsp3) is 0.231. The first-order chi connectivity index (χ1) is 21.0. The number of fused-ring (bicyclic) bond motifs is 2. The number of nitrogens with zero attached hydrogens (tertiary/aromatic N) is 2. The van der Waals surface area contributed by atoms with Crippen LogP contribution in [0.4, 0.5) is 0 Å². The van der Waals surface area contributed by atoms with Crippen LogP contribution in [0.25, 0.3) is 50.2 Å². The van der Waals surface area contributed by atoms with Gasteiger partial charge >= 0.3 is 0 Å². The largest absolute Gasteiger partial charge is 0.557 e. The van der Waals surface area contributed by atoms with E-state index in [9.17, 15) is 4.79 Å². The van der Waals surface area contributed by atoms with Crippen molar-refractivity contribution in [2.45, 2.75) is 60.3 Å². The van der Waals surface area contributed by atoms with E-state index in [0.717, 1.165) is 33.4 Å². The van der Waals surface area contributed by atoms with Gasteiger partial charge in [-0.1, -0.05) is 105 Å². The zero-order valence-corrected chi connectivity index (χ0v) is 29.2. The summed E-state index contributed by atoms with van der Waals surface area (Å²) >= 11 is 0. The van der Waals surface area contributed by atoms with E-state index in [-0.39, 0.29) is 31.6 Å². The summed E-state index contributed by atoms with van der Waals surface area (Å²) in [6.45, 7) is 14.1. The van der Waals surface area contributed by atoms with Crippen molar-refractivity contribution in [2.75, 3.05) is 0 Å². The molecule has 0 aliphatic carbocycles. The molecule has 0 amide bonds. The Kier molecular flexibility index (Phi) is 10.6. The molecule has 1 N–H and O–H groups in total. The van der Waals surface area contributed by atoms with E-state index in [4.69, 9.17) is 14.5 Å². The molecular weight excluding hydrogens is 737 g/mol. The first-order valence-corrected chi connectivity index (χ1v) is 15.0. The molecule has 233 valence electrons. The van der Waals surface area contributed by atoms with Gasteiger partial charge in [-0.3, -0.25) is 9.78 Å². The third-order valence-corrected chi connectivity index (χ3v) is 7.61. The summed E-state index contributed by atoms with van der Waals surface area (Å²) in [5.74, 6) is 1.43. The third kappa shape index (κ3) is 7.19. The standard InChI is InChI=1S/C34H31N2O.C5H8O2.Ir/c1-21(2)26-18-25(24-11-7-6-8-12-24)19-27(22(3)4)33(26)36-31-14-10-9-13-30(31)35-34(36)29-20-37-32-16-15-23(5)17-28(29)32;1-4(6)3-5(2)7;/h6-19,21-22H,1-5H3;3,6H,1-2H3;/q-1;;/b;4-3-;. The number of benzene rings is 4. The number of furan rings is 1. The third-order valence-electron chi connectivity index (χ3n) is 7.61. The van der Waals surface area contributed by atoms with Crippen LogP contribution in [0.15, 0.2) is 101 Å². The normalized spacial score (nSPS) is 11.5. The van der Waals surface area contributed by atoms with E-state index in [0.29, 0.717) is 11.8 Å². The van der Waals surface area contributed by atoms with Gasteiger partial charge in [0, 0.05) is 43.7 Å². The first kappa shape index (κ1) is 33.6. The van der Waals surface area contributed by atoms with E-state index in [1.807, 2.05) is 6.07 Å². The van der Waals surface area contributed by atoms with Gasteiger partial charge in [-0.2, -0.15) is 0 Å². The molecule has 0 bridgehead atoms. The maximum atomic E-state index is 10.0. The van der Waals surface area contributed by atoms with Gasteiger partial charge in [0.25, 0.3) is 0 Å². The zero-order chi connectivity index (χ0) is 31.5. The van der Waals surface area contributed by atoms with Gasteiger partial charge in [-0.25, -0.2) is 0 Å². The summed E-state index contributed by atoms with van der Waals surface area (Å²) in [6, 6.07) is 30.0. The summed E-state index contributed by atoms with van der Waals surface area (Å²) in [5.41, 5.74) is 11.3. The van der Waals surface area contributed by atoms with Crippen molar-refractivity contribution in [2.24, 2.45) is 0 Å². The second kappa shape index (κ2) is 14.2. The van der Waals surface area contributed by atoms with Gasteiger partial charge in [-0.15, -0.1) is 0 Å². The maximum Gasteiger partial charge on any atom is 0.155 e. The number of carbonyl (C=O) groups is 1. The molecule has 1 radical (unpaired) electrons. The summed E-state index contributed by atoms with van der Waals surface area (Å²) in [6.07, 6.45) is 4.37. The molecule has 6 rings (SSSR count). The van der Waals surface area contributed by atoms with Gasteiger partial charge < -0.3 is 14.1 Å². The van der Waals surface area contributed by atoms with Crippen LogP contribution in [0.1, 0.15) is 70.1 Å². The Morgan fingerprint density at radius 1 is 0.867 bits per heavy atom. The van der Waals surface area contributed by atoms with Crippen molar-refractivity contribution in [1.82, 2.24) is 9.55 Å². The predicted octanol–water partition coefficient (Wildman–Crippen LogP) is 10.5. The van der Waals surface area contributed by atoms with Gasteiger partial charge in [-0.05, 0) is 79.1 Å². The molecule has 45 heavy (non-hydrogen) atoms. The number of aryl methyl sites for hydroxylation is 1. The van der Waals surface area contributed by atoms with Crippen LogP contribution in [0, 0.1) is 13.2 Å². The van der Waals surface area contributed by atoms with Crippen LogP contribution >= 0.6 is 0 Å². The molecule has 2 aromatic heterocycles. The number of allylic oxidation sites excluding steroid dienone is 2. The fourth-order valence-electron chi connectivity index (χ4n) is 5.59. The average molecular weight is 776 g/mol. The molecule has 4 aromatic carbocycles. The first-order valence-electron chi connectivity index (χ1n) is 15.0. The monoisotopic (exact) mass is 776 g/mol. The van der Waals surface area contributed by atoms with Crippen molar-refractivity contribution in [3.05, 3.63) is 120 Å². The summed E-state index contributed by atoms with van der Waals surface area (Å²) in [4.78, 5) is 15.2. The number of imidazole rings is 1. The molecule has 2 heterocycles. The van der Waals surface area contributed by atoms with Gasteiger partial charge in [0.15, 0.2) is 5.78 Å². The SMILES string of the molecule is CC(=O)/C=C(/C)O.Cc1ccc2o[c-]c(-c3nc4ccccc4n3-c3c(C(C)C)cc(-c4ccccc4)cc3C(C)C)c2c1.[Ir]. The van der Waals surface area contributed by atoms with Crippen molar-refractivity contribution >= 4 is 27.8 Å². The van der Waals surface area contributed by atoms with Gasteiger partial charge in [0.2, 0.25) is 0 Å². The Morgan fingerprint density at radius 2 is 1.49 bits per heavy atom. The quantitative estimate of drug-likeness (QED) is 0.104. The number of hydrogen-bond acceptors (Lipinski definition) is 4. The molecule has 0 aliphatic heterocycles. The molecule has 0 saturated carbocycles. The molecule has 5 nitrogen and oxygen atoms in total. The molecule has 0 unspecified atom stereocenters. The second-order valence-corrected chi connectivity index (χ2v) is 11.9. The summed E-state index contributed by atoms with van der Waals surface area (Å²) in [7, 11) is 0. The molecule has 0 saturated heterocycles. The number of carbonyl (C=O) groups excluding carboxylic acids is 1. The number of para-hydroxylation sites is 2. The van der Waals surface area contributed by atoms with Crippen LogP contribution in [-0.2, 0) is 24.9 Å². The van der Waals surface area contributed by atoms with E-state index in [1.165, 1.54) is 53.4 Å². The average Bonchev–Trinajstić information content (AvgIpc) is 3.57. The van der Waals surface area contributed by atoms with E-state index < -0.39 is 0 Å². The Labute approximate surface area is 279 Å². The number of aliphatic hydroxyl groups excluding tert-OH is 1. The van der Waals surface area contributed by atoms with Crippen LogP contribution in [-0.4, -0.2) is 20.4 Å². The van der Waals surface area contributed by atoms with Crippen molar-refractivity contribution in [3.63, 3.8) is 0 Å². The van der Waals surface area contributed by atoms with E-state index >= 15 is 0 Å². The Morgan fingerprint density at radius 3 is 2.07 bits per heavy atom. The smallest absolute Gasteiger partial charge is 0.155 e.